The van der Waals surface area contributed by atoms with E-state index in [0.29, 0.717) is 11.7 Å². The molecule has 0 saturated carbocycles. The molecule has 4 atom stereocenters. The number of rotatable bonds is 2. The van der Waals surface area contributed by atoms with Gasteiger partial charge in [-0.25, -0.2) is 4.98 Å². The third-order valence-corrected chi connectivity index (χ3v) is 4.25. The van der Waals surface area contributed by atoms with Crippen molar-refractivity contribution in [1.82, 2.24) is 4.98 Å². The highest BCUT2D eigenvalue weighted by molar-refractivity contribution is 5.48. The maximum atomic E-state index is 10.7. The number of nitrogens with zero attached hydrogens (tertiary/aromatic N) is 3. The van der Waals surface area contributed by atoms with E-state index in [1.165, 1.54) is 12.3 Å². The van der Waals surface area contributed by atoms with E-state index in [0.717, 1.165) is 6.42 Å². The van der Waals surface area contributed by atoms with Gasteiger partial charge in [0.25, 0.3) is 5.69 Å². The zero-order valence-electron chi connectivity index (χ0n) is 11.7. The van der Waals surface area contributed by atoms with Crippen LogP contribution in [0.1, 0.15) is 13.3 Å². The van der Waals surface area contributed by atoms with E-state index in [1.54, 1.807) is 6.07 Å². The van der Waals surface area contributed by atoms with Gasteiger partial charge in [-0.2, -0.15) is 0 Å². The second-order valence-electron chi connectivity index (χ2n) is 5.54. The van der Waals surface area contributed by atoms with Crippen LogP contribution in [0.25, 0.3) is 0 Å². The summed E-state index contributed by atoms with van der Waals surface area (Å²) in [4.78, 5) is 16.3. The minimum absolute atomic E-state index is 0.0347. The van der Waals surface area contributed by atoms with Gasteiger partial charge in [-0.1, -0.05) is 25.2 Å². The summed E-state index contributed by atoms with van der Waals surface area (Å²) in [6.45, 7) is 2.09. The lowest BCUT2D eigenvalue weighted by Crippen LogP contribution is -2.47. The molecule has 1 aliphatic carbocycles. The number of aliphatic hydroxyl groups excluding tert-OH is 1. The van der Waals surface area contributed by atoms with E-state index >= 15 is 0 Å². The molecule has 2 aliphatic rings. The van der Waals surface area contributed by atoms with E-state index in [1.807, 2.05) is 17.2 Å². The van der Waals surface area contributed by atoms with Crippen molar-refractivity contribution in [3.63, 3.8) is 0 Å². The van der Waals surface area contributed by atoms with Crippen molar-refractivity contribution in [2.45, 2.75) is 25.5 Å². The number of pyridine rings is 1. The number of nitro groups is 1. The Kier molecular flexibility index (Phi) is 3.47. The summed E-state index contributed by atoms with van der Waals surface area (Å²) in [5.74, 6) is 1.01. The normalized spacial score (nSPS) is 31.0. The zero-order valence-corrected chi connectivity index (χ0v) is 11.7. The molecule has 0 aromatic carbocycles. The molecule has 1 aromatic rings. The van der Waals surface area contributed by atoms with Crippen LogP contribution in [-0.4, -0.2) is 27.2 Å². The molecule has 1 aliphatic heterocycles. The summed E-state index contributed by atoms with van der Waals surface area (Å²) in [5, 5.41) is 21.2. The molecule has 6 nitrogen and oxygen atoms in total. The van der Waals surface area contributed by atoms with Gasteiger partial charge in [0, 0.05) is 18.2 Å². The van der Waals surface area contributed by atoms with E-state index in [2.05, 4.69) is 24.1 Å². The Balaban J connectivity index is 1.92. The van der Waals surface area contributed by atoms with Crippen LogP contribution < -0.4 is 4.90 Å². The van der Waals surface area contributed by atoms with Gasteiger partial charge < -0.3 is 10.0 Å². The van der Waals surface area contributed by atoms with Gasteiger partial charge in [0.2, 0.25) is 0 Å². The Morgan fingerprint density at radius 1 is 1.43 bits per heavy atom. The van der Waals surface area contributed by atoms with Gasteiger partial charge >= 0.3 is 0 Å². The van der Waals surface area contributed by atoms with Crippen molar-refractivity contribution in [3.05, 3.63) is 52.9 Å². The molecule has 0 fully saturated rings. The van der Waals surface area contributed by atoms with Crippen LogP contribution in [0.5, 0.6) is 0 Å². The van der Waals surface area contributed by atoms with Gasteiger partial charge in [0.1, 0.15) is 12.0 Å². The number of allylic oxidation sites excluding steroid dienone is 1. The van der Waals surface area contributed by atoms with Crippen LogP contribution in [0, 0.1) is 22.0 Å². The minimum atomic E-state index is -0.475. The Labute approximate surface area is 122 Å². The molecule has 0 spiro atoms. The summed E-state index contributed by atoms with van der Waals surface area (Å²) in [6, 6.07) is 2.97. The molecule has 1 N–H and O–H groups in total. The summed E-state index contributed by atoms with van der Waals surface area (Å²) >= 11 is 0. The summed E-state index contributed by atoms with van der Waals surface area (Å²) in [6.07, 6.45) is 9.64. The number of hydrogen-bond acceptors (Lipinski definition) is 5. The first kappa shape index (κ1) is 13.8. The molecule has 0 amide bonds. The summed E-state index contributed by atoms with van der Waals surface area (Å²) in [7, 11) is 0. The number of fused-ring (bicyclic) bond motifs is 2. The minimum Gasteiger partial charge on any atom is -0.390 e. The highest BCUT2D eigenvalue weighted by Gasteiger charge is 2.37. The first-order valence-electron chi connectivity index (χ1n) is 7.00. The third kappa shape index (κ3) is 2.42. The molecular formula is C15H17N3O3. The quantitative estimate of drug-likeness (QED) is 0.513. The molecule has 2 heterocycles. The van der Waals surface area contributed by atoms with E-state index in [9.17, 15) is 15.2 Å². The van der Waals surface area contributed by atoms with Gasteiger partial charge in [-0.3, -0.25) is 10.1 Å². The Morgan fingerprint density at radius 2 is 2.24 bits per heavy atom. The Morgan fingerprint density at radius 3 is 2.90 bits per heavy atom. The SMILES string of the molecule is CC1C=CCC2C(O)C1C=CN2c1ccc([N+](=O)[O-])cn1. The number of aromatic nitrogens is 1. The second-order valence-corrected chi connectivity index (χ2v) is 5.54. The number of aliphatic hydroxyl groups is 1. The molecule has 21 heavy (non-hydrogen) atoms. The van der Waals surface area contributed by atoms with Gasteiger partial charge in [-0.15, -0.1) is 0 Å². The van der Waals surface area contributed by atoms with Crippen LogP contribution in [0.3, 0.4) is 0 Å². The molecule has 110 valence electrons. The van der Waals surface area contributed by atoms with E-state index < -0.39 is 11.0 Å². The van der Waals surface area contributed by atoms with Crippen LogP contribution in [-0.2, 0) is 0 Å². The summed E-state index contributed by atoms with van der Waals surface area (Å²) in [5.41, 5.74) is -0.0347. The lowest BCUT2D eigenvalue weighted by Gasteiger charge is -2.39. The highest BCUT2D eigenvalue weighted by atomic mass is 16.6. The molecule has 0 radical (unpaired) electrons. The van der Waals surface area contributed by atoms with Crippen molar-refractivity contribution in [1.29, 1.82) is 0 Å². The Hall–Kier alpha value is -2.21. The number of anilines is 1. The van der Waals surface area contributed by atoms with Crippen LogP contribution in [0.2, 0.25) is 0 Å². The first-order chi connectivity index (χ1) is 10.1. The zero-order chi connectivity index (χ0) is 15.0. The van der Waals surface area contributed by atoms with Crippen molar-refractivity contribution >= 4 is 11.5 Å². The third-order valence-electron chi connectivity index (χ3n) is 4.25. The molecule has 1 aromatic heterocycles. The average molecular weight is 287 g/mol. The van der Waals surface area contributed by atoms with Crippen LogP contribution in [0.15, 0.2) is 42.8 Å². The largest absolute Gasteiger partial charge is 0.390 e. The fourth-order valence-corrected chi connectivity index (χ4v) is 3.02. The maximum absolute atomic E-state index is 10.7. The topological polar surface area (TPSA) is 79.5 Å². The smallest absolute Gasteiger partial charge is 0.287 e. The number of hydrogen-bond donors (Lipinski definition) is 1. The van der Waals surface area contributed by atoms with Gasteiger partial charge in [0.15, 0.2) is 0 Å². The van der Waals surface area contributed by atoms with Gasteiger partial charge in [0.05, 0.1) is 17.1 Å². The monoisotopic (exact) mass is 287 g/mol. The summed E-state index contributed by atoms with van der Waals surface area (Å²) < 4.78 is 0. The standard InChI is InChI=1S/C15H17N3O3/c1-10-3-2-4-13-15(19)12(10)7-8-17(13)14-6-5-11(9-16-14)18(20)21/h2-3,5-10,12-13,15,19H,4H2,1H3. The molecule has 0 saturated heterocycles. The molecular weight excluding hydrogens is 270 g/mol. The van der Waals surface area contributed by atoms with Crippen LogP contribution >= 0.6 is 0 Å². The van der Waals surface area contributed by atoms with Gasteiger partial charge in [-0.05, 0) is 18.4 Å². The second kappa shape index (κ2) is 5.29. The molecule has 6 heteroatoms. The van der Waals surface area contributed by atoms with Crippen LogP contribution in [0.4, 0.5) is 11.5 Å². The predicted octanol–water partition coefficient (Wildman–Crippen LogP) is 2.27. The van der Waals surface area contributed by atoms with Crippen molar-refractivity contribution in [2.75, 3.05) is 4.90 Å². The molecule has 3 rings (SSSR count). The van der Waals surface area contributed by atoms with Crippen molar-refractivity contribution < 1.29 is 10.0 Å². The lowest BCUT2D eigenvalue weighted by atomic mass is 9.84. The maximum Gasteiger partial charge on any atom is 0.287 e. The first-order valence-corrected chi connectivity index (χ1v) is 7.00. The van der Waals surface area contributed by atoms with E-state index in [-0.39, 0.29) is 17.6 Å². The van der Waals surface area contributed by atoms with Crippen molar-refractivity contribution in [3.8, 4) is 0 Å². The fraction of sp³-hybridized carbons (Fsp3) is 0.400. The average Bonchev–Trinajstić information content (AvgIpc) is 2.56. The molecule has 2 bridgehead atoms. The Bertz CT molecular complexity index is 597. The molecule has 4 unspecified atom stereocenters. The highest BCUT2D eigenvalue weighted by Crippen LogP contribution is 2.34. The van der Waals surface area contributed by atoms with Crippen molar-refractivity contribution in [2.24, 2.45) is 11.8 Å². The van der Waals surface area contributed by atoms with E-state index in [4.69, 9.17) is 0 Å². The fourth-order valence-electron chi connectivity index (χ4n) is 3.02. The lowest BCUT2D eigenvalue weighted by molar-refractivity contribution is -0.385. The predicted molar refractivity (Wildman–Crippen MR) is 78.7 cm³/mol.